The third-order valence-electron chi connectivity index (χ3n) is 15.8. The number of fused-ring (bicyclic) bond motifs is 6. The Labute approximate surface area is 390 Å². The minimum atomic E-state index is -0.827. The first-order valence-corrected chi connectivity index (χ1v) is 24.0. The lowest BCUT2D eigenvalue weighted by molar-refractivity contribution is -0.0592. The number of hydrogen-bond acceptors (Lipinski definition) is 9. The summed E-state index contributed by atoms with van der Waals surface area (Å²) >= 11 is 0. The van der Waals surface area contributed by atoms with Crippen LogP contribution in [0.25, 0.3) is 27.5 Å². The summed E-state index contributed by atoms with van der Waals surface area (Å²) in [5.74, 6) is 0.712. The van der Waals surface area contributed by atoms with Crippen LogP contribution in [0.1, 0.15) is 122 Å². The Hall–Kier alpha value is -6.75. The lowest BCUT2D eigenvalue weighted by atomic mass is 9.83. The summed E-state index contributed by atoms with van der Waals surface area (Å²) < 4.78 is 38.7. The molecule has 13 rings (SSSR count). The average Bonchev–Trinajstić information content (AvgIpc) is 3.88. The molecule has 4 aromatic heterocycles. The number of benzene rings is 3. The zero-order valence-electron chi connectivity index (χ0n) is 39.0. The smallest absolute Gasteiger partial charge is 0.438 e. The molecule has 0 bridgehead atoms. The van der Waals surface area contributed by atoms with Gasteiger partial charge in [0.1, 0.15) is 35.2 Å². The fraction of sp³-hybridized carbons (Fsp3) is 0.451. The highest BCUT2D eigenvalue weighted by Gasteiger charge is 2.59. The van der Waals surface area contributed by atoms with E-state index in [9.17, 15) is 4.79 Å². The second-order valence-corrected chi connectivity index (χ2v) is 20.8. The van der Waals surface area contributed by atoms with E-state index < -0.39 is 17.3 Å². The number of carbonyl (C=O) groups is 2. The highest BCUT2D eigenvalue weighted by atomic mass is 19.1. The number of aromatic amines is 1. The van der Waals surface area contributed by atoms with Crippen molar-refractivity contribution < 1.29 is 28.0 Å². The van der Waals surface area contributed by atoms with Gasteiger partial charge >= 0.3 is 11.8 Å². The maximum absolute atomic E-state index is 15.7. The standard InChI is InChI=1S/C51H53FN10O6/c1-26-15-35(16-27(2)44(26)52)62-45(58-24-36-25-66-42-19-33-23-53-61(34-8-9-34)39(33)20-40(42)59(36)49(58)65)43-29(4)57(13-11-37(43)55-62)46(63)41-18-32-17-30(31-12-14-67-50(5,6)22-31)7-10-38(32)60(41)51(21-28(51)3)47-54-48(64)68-56-47/h7,10,15-20,23,28-29,31,34,36H,8-9,11-14,21-22,24-25H2,1-6H3,(H,54,56,64)/t28-,29-,31-,36+,51-/m0/s1. The quantitative estimate of drug-likeness (QED) is 0.166. The van der Waals surface area contributed by atoms with Crippen LogP contribution in [-0.2, 0) is 16.7 Å². The van der Waals surface area contributed by atoms with Crippen molar-refractivity contribution in [3.63, 3.8) is 0 Å². The molecule has 6 aliphatic rings. The van der Waals surface area contributed by atoms with Crippen molar-refractivity contribution in [2.24, 2.45) is 5.92 Å². The SMILES string of the molecule is Cc1cc(-n2nc3c(c2N2C[C@@H]4COc5cc6cnn(C7CC7)c6cc5N4C2=O)[C@H](C)N(C(=O)c2cc4cc([C@H]5CCOC(C)(C)C5)ccc4n2[C@@]2(c4noc(=O)[nH]4)C[C@@H]2C)CC3)cc(C)c1F. The number of carbonyl (C=O) groups excluding carboxylic acids is 2. The number of rotatable bonds is 7. The zero-order valence-corrected chi connectivity index (χ0v) is 39.0. The van der Waals surface area contributed by atoms with E-state index in [0.29, 0.717) is 84.2 Å². The summed E-state index contributed by atoms with van der Waals surface area (Å²) in [4.78, 5) is 51.8. The average molecular weight is 921 g/mol. The van der Waals surface area contributed by atoms with Crippen LogP contribution in [0, 0.1) is 25.6 Å². The summed E-state index contributed by atoms with van der Waals surface area (Å²) in [6, 6.07) is 15.2. The topological polar surface area (TPSA) is 162 Å². The van der Waals surface area contributed by atoms with Gasteiger partial charge in [0.15, 0.2) is 5.82 Å². The van der Waals surface area contributed by atoms with Crippen molar-refractivity contribution in [3.8, 4) is 11.4 Å². The van der Waals surface area contributed by atoms with Crippen LogP contribution >= 0.6 is 0 Å². The number of urea groups is 1. The van der Waals surface area contributed by atoms with Crippen molar-refractivity contribution in [2.45, 2.75) is 115 Å². The third-order valence-corrected chi connectivity index (χ3v) is 15.8. The van der Waals surface area contributed by atoms with Gasteiger partial charge in [-0.1, -0.05) is 18.1 Å². The van der Waals surface area contributed by atoms with E-state index >= 15 is 14.0 Å². The Balaban J connectivity index is 0.929. The molecule has 8 heterocycles. The molecule has 350 valence electrons. The molecule has 5 atom stereocenters. The molecule has 3 amide bonds. The monoisotopic (exact) mass is 920 g/mol. The van der Waals surface area contributed by atoms with Crippen LogP contribution in [0.3, 0.4) is 0 Å². The number of amides is 3. The Morgan fingerprint density at radius 3 is 2.46 bits per heavy atom. The van der Waals surface area contributed by atoms with E-state index in [0.717, 1.165) is 58.7 Å². The molecule has 4 fully saturated rings. The van der Waals surface area contributed by atoms with E-state index in [1.54, 1.807) is 35.6 Å². The second kappa shape index (κ2) is 14.4. The summed E-state index contributed by atoms with van der Waals surface area (Å²) in [5, 5.41) is 16.0. The first-order valence-electron chi connectivity index (χ1n) is 24.0. The van der Waals surface area contributed by atoms with Gasteiger partial charge in [-0.2, -0.15) is 10.2 Å². The number of ether oxygens (including phenoxy) is 2. The van der Waals surface area contributed by atoms with Crippen molar-refractivity contribution >= 4 is 45.2 Å². The van der Waals surface area contributed by atoms with Gasteiger partial charge in [0.05, 0.1) is 59.1 Å². The molecule has 1 N–H and O–H groups in total. The van der Waals surface area contributed by atoms with E-state index in [4.69, 9.17) is 19.1 Å². The summed E-state index contributed by atoms with van der Waals surface area (Å²) in [7, 11) is 0. The van der Waals surface area contributed by atoms with Crippen molar-refractivity contribution in [3.05, 3.63) is 111 Å². The first-order chi connectivity index (χ1) is 32.7. The van der Waals surface area contributed by atoms with Gasteiger partial charge in [-0.25, -0.2) is 18.7 Å². The Kier molecular flexibility index (Phi) is 8.77. The number of hydrogen-bond donors (Lipinski definition) is 1. The van der Waals surface area contributed by atoms with Gasteiger partial charge in [-0.3, -0.25) is 28.8 Å². The van der Waals surface area contributed by atoms with Gasteiger partial charge in [0.25, 0.3) is 5.91 Å². The molecule has 4 aliphatic heterocycles. The number of aryl methyl sites for hydroxylation is 2. The minimum absolute atomic E-state index is 0.0263. The first kappa shape index (κ1) is 41.4. The van der Waals surface area contributed by atoms with Crippen LogP contribution in [0.2, 0.25) is 0 Å². The molecular formula is C51H53FN10O6. The summed E-state index contributed by atoms with van der Waals surface area (Å²) in [5.41, 5.74) is 6.14. The van der Waals surface area contributed by atoms with Crippen molar-refractivity contribution in [2.75, 3.05) is 36.1 Å². The highest BCUT2D eigenvalue weighted by Crippen LogP contribution is 2.56. The molecule has 0 radical (unpaired) electrons. The molecule has 2 saturated carbocycles. The second-order valence-electron chi connectivity index (χ2n) is 20.8. The van der Waals surface area contributed by atoms with Gasteiger partial charge in [0.2, 0.25) is 0 Å². The lowest BCUT2D eigenvalue weighted by Crippen LogP contribution is -2.42. The Morgan fingerprint density at radius 2 is 1.74 bits per heavy atom. The molecule has 2 saturated heterocycles. The van der Waals surface area contributed by atoms with Crippen molar-refractivity contribution in [1.82, 2.24) is 39.2 Å². The lowest BCUT2D eigenvalue weighted by Gasteiger charge is -2.35. The molecule has 68 heavy (non-hydrogen) atoms. The molecule has 3 aromatic carbocycles. The Morgan fingerprint density at radius 1 is 0.941 bits per heavy atom. The predicted octanol–water partition coefficient (Wildman–Crippen LogP) is 8.37. The number of nitrogens with one attached hydrogen (secondary N) is 1. The van der Waals surface area contributed by atoms with Gasteiger partial charge in [-0.05, 0) is 138 Å². The normalized spacial score (nSPS) is 25.2. The minimum Gasteiger partial charge on any atom is -0.489 e. The summed E-state index contributed by atoms with van der Waals surface area (Å²) in [6.45, 7) is 13.4. The number of halogens is 1. The number of aromatic nitrogens is 7. The predicted molar refractivity (Wildman–Crippen MR) is 251 cm³/mol. The maximum atomic E-state index is 15.7. The molecule has 2 aliphatic carbocycles. The summed E-state index contributed by atoms with van der Waals surface area (Å²) in [6.07, 6.45) is 6.82. The number of nitrogens with zero attached hydrogens (tertiary/aromatic N) is 9. The fourth-order valence-corrected chi connectivity index (χ4v) is 12.1. The fourth-order valence-electron chi connectivity index (χ4n) is 12.1. The molecule has 7 aromatic rings. The van der Waals surface area contributed by atoms with Gasteiger partial charge < -0.3 is 18.9 Å². The van der Waals surface area contributed by atoms with E-state index in [2.05, 4.69) is 63.5 Å². The largest absolute Gasteiger partial charge is 0.489 e. The molecule has 0 spiro atoms. The van der Waals surface area contributed by atoms with E-state index in [1.807, 2.05) is 41.1 Å². The number of anilines is 2. The van der Waals surface area contributed by atoms with Crippen LogP contribution in [0.4, 0.5) is 20.7 Å². The maximum Gasteiger partial charge on any atom is 0.438 e. The van der Waals surface area contributed by atoms with Crippen LogP contribution in [0.5, 0.6) is 5.75 Å². The van der Waals surface area contributed by atoms with Crippen LogP contribution in [0.15, 0.2) is 64.0 Å². The van der Waals surface area contributed by atoms with Gasteiger partial charge in [-0.15, -0.1) is 0 Å². The molecular weight excluding hydrogens is 868 g/mol. The van der Waals surface area contributed by atoms with E-state index in [-0.39, 0.29) is 47.8 Å². The Bertz CT molecular complexity index is 3330. The molecule has 16 nitrogen and oxygen atoms in total. The van der Waals surface area contributed by atoms with Gasteiger partial charge in [0, 0.05) is 41.4 Å². The molecule has 17 heteroatoms. The van der Waals surface area contributed by atoms with Crippen LogP contribution in [-0.4, -0.2) is 89.1 Å². The van der Waals surface area contributed by atoms with Crippen molar-refractivity contribution in [1.29, 1.82) is 0 Å². The third kappa shape index (κ3) is 6.05. The molecule has 0 unspecified atom stereocenters. The van der Waals surface area contributed by atoms with Crippen LogP contribution < -0.4 is 20.3 Å². The highest BCUT2D eigenvalue weighted by molar-refractivity contribution is 6.09. The zero-order chi connectivity index (χ0) is 46.7. The van der Waals surface area contributed by atoms with E-state index in [1.165, 1.54) is 5.56 Å². The number of H-pyrrole nitrogens is 1.